The highest BCUT2D eigenvalue weighted by Gasteiger charge is 2.32. The van der Waals surface area contributed by atoms with E-state index in [4.69, 9.17) is 4.74 Å². The van der Waals surface area contributed by atoms with E-state index in [1.807, 2.05) is 18.2 Å². The molecule has 26 heavy (non-hydrogen) atoms. The number of H-pyrrole nitrogens is 1. The highest BCUT2D eigenvalue weighted by Crippen LogP contribution is 2.27. The van der Waals surface area contributed by atoms with Gasteiger partial charge in [0, 0.05) is 0 Å². The van der Waals surface area contributed by atoms with Crippen molar-refractivity contribution in [3.05, 3.63) is 88.1 Å². The van der Waals surface area contributed by atoms with Crippen molar-refractivity contribution in [2.24, 2.45) is 0 Å². The predicted octanol–water partition coefficient (Wildman–Crippen LogP) is 4.75. The quantitative estimate of drug-likeness (QED) is 0.732. The molecule has 4 nitrogen and oxygen atoms in total. The van der Waals surface area contributed by atoms with Crippen LogP contribution in [0.25, 0.3) is 12.2 Å². The lowest BCUT2D eigenvalue weighted by molar-refractivity contribution is -0.141. The Balaban J connectivity index is 1.82. The van der Waals surface area contributed by atoms with Gasteiger partial charge in [0.25, 0.3) is 0 Å². The van der Waals surface area contributed by atoms with Crippen LogP contribution in [-0.2, 0) is 6.18 Å². The molecular weight excluding hydrogens is 345 g/mol. The van der Waals surface area contributed by atoms with Crippen molar-refractivity contribution in [3.63, 3.8) is 0 Å². The summed E-state index contributed by atoms with van der Waals surface area (Å²) < 4.78 is 43.9. The van der Waals surface area contributed by atoms with Crippen LogP contribution in [0.5, 0.6) is 11.5 Å². The minimum Gasteiger partial charge on any atom is -0.457 e. The second kappa shape index (κ2) is 7.26. The molecule has 3 rings (SSSR count). The lowest BCUT2D eigenvalue weighted by atomic mass is 10.2. The van der Waals surface area contributed by atoms with Crippen LogP contribution in [0.2, 0.25) is 0 Å². The van der Waals surface area contributed by atoms with Gasteiger partial charge in [-0.3, -0.25) is 0 Å². The van der Waals surface area contributed by atoms with Gasteiger partial charge in [0.2, 0.25) is 0 Å². The van der Waals surface area contributed by atoms with Gasteiger partial charge in [0.15, 0.2) is 0 Å². The largest absolute Gasteiger partial charge is 0.457 e. The Hall–Kier alpha value is -3.35. The average Bonchev–Trinajstić information content (AvgIpc) is 2.60. The summed E-state index contributed by atoms with van der Waals surface area (Å²) in [7, 11) is 0. The summed E-state index contributed by atoms with van der Waals surface area (Å²) in [6, 6.07) is 16.9. The maximum absolute atomic E-state index is 12.7. The van der Waals surface area contributed by atoms with Crippen molar-refractivity contribution in [2.75, 3.05) is 0 Å². The molecule has 0 bridgehead atoms. The van der Waals surface area contributed by atoms with Crippen LogP contribution in [-0.4, -0.2) is 9.97 Å². The number of hydrogen-bond acceptors (Lipinski definition) is 3. The van der Waals surface area contributed by atoms with Crippen molar-refractivity contribution < 1.29 is 17.9 Å². The Morgan fingerprint density at radius 2 is 1.65 bits per heavy atom. The summed E-state index contributed by atoms with van der Waals surface area (Å²) in [4.78, 5) is 16.5. The normalized spacial score (nSPS) is 11.7. The van der Waals surface area contributed by atoms with Crippen molar-refractivity contribution in [1.29, 1.82) is 0 Å². The zero-order valence-corrected chi connectivity index (χ0v) is 13.3. The van der Waals surface area contributed by atoms with E-state index in [9.17, 15) is 18.0 Å². The second-order valence-corrected chi connectivity index (χ2v) is 5.34. The lowest BCUT2D eigenvalue weighted by Gasteiger charge is -2.06. The Morgan fingerprint density at radius 3 is 2.38 bits per heavy atom. The summed E-state index contributed by atoms with van der Waals surface area (Å²) in [6.07, 6.45) is -1.75. The number of hydrogen-bond donors (Lipinski definition) is 1. The van der Waals surface area contributed by atoms with E-state index in [0.717, 1.165) is 6.07 Å². The van der Waals surface area contributed by atoms with Crippen molar-refractivity contribution in [2.45, 2.75) is 6.18 Å². The molecule has 0 amide bonds. The molecule has 0 radical (unpaired) electrons. The fourth-order valence-electron chi connectivity index (χ4n) is 2.20. The van der Waals surface area contributed by atoms with Crippen molar-refractivity contribution in [1.82, 2.24) is 9.97 Å². The number of aromatic nitrogens is 2. The van der Waals surface area contributed by atoms with Crippen molar-refractivity contribution >= 4 is 12.2 Å². The topological polar surface area (TPSA) is 55.0 Å². The summed E-state index contributed by atoms with van der Waals surface area (Å²) in [5, 5.41) is 0. The Labute approximate surface area is 146 Å². The van der Waals surface area contributed by atoms with E-state index in [-0.39, 0.29) is 5.69 Å². The minimum absolute atomic E-state index is 0.0875. The van der Waals surface area contributed by atoms with Gasteiger partial charge < -0.3 is 9.72 Å². The van der Waals surface area contributed by atoms with Gasteiger partial charge in [-0.25, -0.2) is 4.79 Å². The zero-order chi connectivity index (χ0) is 18.6. The molecule has 0 spiro atoms. The smallest absolute Gasteiger partial charge is 0.431 e. The molecule has 0 aliphatic rings. The van der Waals surface area contributed by atoms with E-state index in [1.54, 1.807) is 47.5 Å². The number of alkyl halides is 3. The van der Waals surface area contributed by atoms with Gasteiger partial charge >= 0.3 is 11.9 Å². The van der Waals surface area contributed by atoms with E-state index in [1.165, 1.54) is 6.08 Å². The third-order valence-corrected chi connectivity index (χ3v) is 3.35. The third kappa shape index (κ3) is 4.60. The first-order chi connectivity index (χ1) is 12.4. The molecule has 1 N–H and O–H groups in total. The first kappa shape index (κ1) is 17.5. The maximum Gasteiger partial charge on any atom is 0.431 e. The third-order valence-electron chi connectivity index (χ3n) is 3.35. The Kier molecular flexibility index (Phi) is 4.88. The summed E-state index contributed by atoms with van der Waals surface area (Å²) in [5.74, 6) is 1.24. The van der Waals surface area contributed by atoms with Crippen LogP contribution >= 0.6 is 0 Å². The molecule has 7 heteroatoms. The molecule has 0 aliphatic heterocycles. The summed E-state index contributed by atoms with van der Waals surface area (Å²) in [6.45, 7) is 0. The molecular formula is C19H13F3N2O2. The maximum atomic E-state index is 12.7. The van der Waals surface area contributed by atoms with E-state index < -0.39 is 17.6 Å². The highest BCUT2D eigenvalue weighted by atomic mass is 19.4. The minimum atomic E-state index is -4.64. The van der Waals surface area contributed by atoms with Gasteiger partial charge in [-0.2, -0.15) is 18.2 Å². The number of benzene rings is 2. The Bertz CT molecular complexity index is 980. The standard InChI is InChI=1S/C19H13F3N2O2/c20-19(21,22)17-12-14(23-18(25)24-17)10-9-13-5-4-8-16(11-13)26-15-6-2-1-3-7-15/h1-12H,(H,23,24,25). The van der Waals surface area contributed by atoms with E-state index >= 15 is 0 Å². The van der Waals surface area contributed by atoms with E-state index in [0.29, 0.717) is 17.1 Å². The zero-order valence-electron chi connectivity index (χ0n) is 13.3. The molecule has 0 saturated heterocycles. The average molecular weight is 358 g/mol. The van der Waals surface area contributed by atoms with E-state index in [2.05, 4.69) is 4.98 Å². The van der Waals surface area contributed by atoms with Crippen LogP contribution in [0, 0.1) is 0 Å². The van der Waals surface area contributed by atoms with Crippen LogP contribution < -0.4 is 10.4 Å². The molecule has 2 aromatic carbocycles. The van der Waals surface area contributed by atoms with Crippen LogP contribution in [0.1, 0.15) is 17.0 Å². The number of nitrogens with zero attached hydrogens (tertiary/aromatic N) is 1. The number of halogens is 3. The molecule has 1 heterocycles. The molecule has 3 aromatic rings. The summed E-state index contributed by atoms with van der Waals surface area (Å²) >= 11 is 0. The van der Waals surface area contributed by atoms with Gasteiger partial charge in [-0.15, -0.1) is 0 Å². The highest BCUT2D eigenvalue weighted by molar-refractivity contribution is 5.68. The second-order valence-electron chi connectivity index (χ2n) is 5.34. The van der Waals surface area contributed by atoms with Gasteiger partial charge in [0.05, 0.1) is 5.69 Å². The monoisotopic (exact) mass is 358 g/mol. The first-order valence-electron chi connectivity index (χ1n) is 7.60. The number of nitrogens with one attached hydrogen (secondary N) is 1. The number of para-hydroxylation sites is 1. The molecule has 0 saturated carbocycles. The molecule has 0 fully saturated rings. The fraction of sp³-hybridized carbons (Fsp3) is 0.0526. The molecule has 0 aliphatic carbocycles. The van der Waals surface area contributed by atoms with Crippen molar-refractivity contribution in [3.8, 4) is 11.5 Å². The van der Waals surface area contributed by atoms with Crippen LogP contribution in [0.3, 0.4) is 0 Å². The SMILES string of the molecule is O=c1nc(C=Cc2cccc(Oc3ccccc3)c2)cc(C(F)(F)F)[nH]1. The van der Waals surface area contributed by atoms with Crippen LogP contribution in [0.4, 0.5) is 13.2 Å². The Morgan fingerprint density at radius 1 is 0.923 bits per heavy atom. The van der Waals surface area contributed by atoms with Gasteiger partial charge in [-0.1, -0.05) is 36.4 Å². The molecule has 0 atom stereocenters. The molecule has 1 aromatic heterocycles. The first-order valence-corrected chi connectivity index (χ1v) is 7.60. The lowest BCUT2D eigenvalue weighted by Crippen LogP contribution is -2.19. The number of rotatable bonds is 4. The molecule has 0 unspecified atom stereocenters. The number of ether oxygens (including phenoxy) is 1. The molecule has 132 valence electrons. The predicted molar refractivity (Wildman–Crippen MR) is 91.7 cm³/mol. The van der Waals surface area contributed by atoms with Gasteiger partial charge in [-0.05, 0) is 42.0 Å². The van der Waals surface area contributed by atoms with Crippen LogP contribution in [0.15, 0.2) is 65.5 Å². The number of aromatic amines is 1. The fourth-order valence-corrected chi connectivity index (χ4v) is 2.20. The van der Waals surface area contributed by atoms with Gasteiger partial charge in [0.1, 0.15) is 17.2 Å². The summed E-state index contributed by atoms with van der Waals surface area (Å²) in [5.41, 5.74) is -1.59.